The summed E-state index contributed by atoms with van der Waals surface area (Å²) in [6.07, 6.45) is 5.98. The number of benzene rings is 2. The van der Waals surface area contributed by atoms with Crippen molar-refractivity contribution in [1.82, 2.24) is 14.8 Å². The van der Waals surface area contributed by atoms with E-state index in [-0.39, 0.29) is 17.4 Å². The first-order valence-electron chi connectivity index (χ1n) is 12.8. The van der Waals surface area contributed by atoms with Gasteiger partial charge in [-0.2, -0.15) is 0 Å². The second kappa shape index (κ2) is 9.83. The van der Waals surface area contributed by atoms with E-state index in [0.29, 0.717) is 6.61 Å². The molecule has 5 heteroatoms. The molecule has 34 heavy (non-hydrogen) atoms. The van der Waals surface area contributed by atoms with E-state index in [2.05, 4.69) is 71.2 Å². The Morgan fingerprint density at radius 3 is 2.62 bits per heavy atom. The number of likely N-dealkylation sites (tertiary alicyclic amines) is 1. The fourth-order valence-electron chi connectivity index (χ4n) is 5.72. The van der Waals surface area contributed by atoms with Gasteiger partial charge in [0.25, 0.3) is 0 Å². The molecule has 0 saturated carbocycles. The van der Waals surface area contributed by atoms with Crippen molar-refractivity contribution in [3.8, 4) is 5.75 Å². The number of carbonyl (C=O) groups is 1. The van der Waals surface area contributed by atoms with E-state index in [1.807, 2.05) is 12.1 Å². The summed E-state index contributed by atoms with van der Waals surface area (Å²) in [4.78, 5) is 16.0. The molecule has 1 spiro atoms. The van der Waals surface area contributed by atoms with Gasteiger partial charge in [-0.15, -0.1) is 0 Å². The van der Waals surface area contributed by atoms with E-state index < -0.39 is 0 Å². The van der Waals surface area contributed by atoms with Crippen LogP contribution in [0.5, 0.6) is 5.75 Å². The molecule has 1 aromatic heterocycles. The molecule has 2 aliphatic heterocycles. The number of amides is 1. The molecule has 5 nitrogen and oxygen atoms in total. The van der Waals surface area contributed by atoms with Crippen LogP contribution in [0.1, 0.15) is 50.3 Å². The molecule has 0 radical (unpaired) electrons. The van der Waals surface area contributed by atoms with Gasteiger partial charge >= 0.3 is 0 Å². The molecule has 1 atom stereocenters. The number of nitrogens with zero attached hydrogens (tertiary/aromatic N) is 2. The van der Waals surface area contributed by atoms with Crippen LogP contribution in [0.4, 0.5) is 0 Å². The largest absolute Gasteiger partial charge is 0.491 e. The van der Waals surface area contributed by atoms with Gasteiger partial charge in [0, 0.05) is 24.8 Å². The topological polar surface area (TPSA) is 46.5 Å². The minimum absolute atomic E-state index is 0.00862. The lowest BCUT2D eigenvalue weighted by Gasteiger charge is -2.41. The number of fused-ring (bicyclic) bond motifs is 2. The highest BCUT2D eigenvalue weighted by atomic mass is 16.5. The third kappa shape index (κ3) is 4.72. The SMILES string of the molecule is C[C@H]1COc2ccccc2CCCCC2(CCN(Cc3cc4ccccc4n3C)CC2)C(=O)N1. The first kappa shape index (κ1) is 23.0. The Labute approximate surface area is 203 Å². The molecule has 180 valence electrons. The Balaban J connectivity index is 1.26. The van der Waals surface area contributed by atoms with Crippen LogP contribution in [0.25, 0.3) is 10.9 Å². The molecule has 2 aromatic carbocycles. The molecule has 0 aliphatic carbocycles. The van der Waals surface area contributed by atoms with E-state index in [0.717, 1.165) is 63.9 Å². The predicted octanol–water partition coefficient (Wildman–Crippen LogP) is 5.07. The van der Waals surface area contributed by atoms with E-state index in [9.17, 15) is 4.79 Å². The number of hydrogen-bond acceptors (Lipinski definition) is 3. The normalized spacial score (nSPS) is 21.8. The number of ether oxygens (including phenoxy) is 1. The Hall–Kier alpha value is -2.79. The average Bonchev–Trinajstić information content (AvgIpc) is 3.16. The molecule has 0 bridgehead atoms. The molecule has 3 heterocycles. The minimum Gasteiger partial charge on any atom is -0.491 e. The Morgan fingerprint density at radius 1 is 1.03 bits per heavy atom. The lowest BCUT2D eigenvalue weighted by molar-refractivity contribution is -0.135. The van der Waals surface area contributed by atoms with Crippen LogP contribution in [0.2, 0.25) is 0 Å². The highest BCUT2D eigenvalue weighted by molar-refractivity contribution is 5.83. The molecule has 1 N–H and O–H groups in total. The zero-order valence-electron chi connectivity index (χ0n) is 20.6. The maximum Gasteiger partial charge on any atom is 0.226 e. The monoisotopic (exact) mass is 459 g/mol. The Bertz CT molecular complexity index is 1140. The van der Waals surface area contributed by atoms with Gasteiger partial charge in [-0.3, -0.25) is 9.69 Å². The molecular formula is C29H37N3O2. The van der Waals surface area contributed by atoms with E-state index >= 15 is 0 Å². The van der Waals surface area contributed by atoms with Crippen molar-refractivity contribution in [3.05, 3.63) is 65.9 Å². The van der Waals surface area contributed by atoms with Crippen molar-refractivity contribution in [3.63, 3.8) is 0 Å². The smallest absolute Gasteiger partial charge is 0.226 e. The van der Waals surface area contributed by atoms with Crippen molar-refractivity contribution in [2.24, 2.45) is 12.5 Å². The number of hydrogen-bond donors (Lipinski definition) is 1. The van der Waals surface area contributed by atoms with Gasteiger partial charge in [-0.1, -0.05) is 42.8 Å². The zero-order valence-corrected chi connectivity index (χ0v) is 20.6. The van der Waals surface area contributed by atoms with Gasteiger partial charge in [0.1, 0.15) is 12.4 Å². The molecular weight excluding hydrogens is 422 g/mol. The summed E-state index contributed by atoms with van der Waals surface area (Å²) in [5.41, 5.74) is 3.63. The zero-order chi connectivity index (χ0) is 23.5. The van der Waals surface area contributed by atoms with Crippen LogP contribution in [-0.2, 0) is 24.8 Å². The van der Waals surface area contributed by atoms with Gasteiger partial charge in [0.05, 0.1) is 11.5 Å². The molecule has 1 amide bonds. The van der Waals surface area contributed by atoms with Crippen molar-refractivity contribution < 1.29 is 9.53 Å². The second-order valence-corrected chi connectivity index (χ2v) is 10.3. The number of aromatic nitrogens is 1. The quantitative estimate of drug-likeness (QED) is 0.582. The summed E-state index contributed by atoms with van der Waals surface area (Å²) in [6, 6.07) is 19.2. The summed E-state index contributed by atoms with van der Waals surface area (Å²) in [6.45, 7) is 5.41. The second-order valence-electron chi connectivity index (χ2n) is 10.3. The van der Waals surface area contributed by atoms with E-state index in [4.69, 9.17) is 4.74 Å². The first-order valence-corrected chi connectivity index (χ1v) is 12.8. The predicted molar refractivity (Wildman–Crippen MR) is 137 cm³/mol. The number of piperidine rings is 1. The van der Waals surface area contributed by atoms with Crippen molar-refractivity contribution in [2.45, 2.75) is 58.0 Å². The van der Waals surface area contributed by atoms with Crippen LogP contribution in [0, 0.1) is 5.41 Å². The Kier molecular flexibility index (Phi) is 6.64. The van der Waals surface area contributed by atoms with Gasteiger partial charge in [-0.25, -0.2) is 0 Å². The third-order valence-electron chi connectivity index (χ3n) is 7.92. The summed E-state index contributed by atoms with van der Waals surface area (Å²) in [5.74, 6) is 1.18. The molecule has 0 unspecified atom stereocenters. The average molecular weight is 460 g/mol. The van der Waals surface area contributed by atoms with Gasteiger partial charge in [0.15, 0.2) is 0 Å². The first-order chi connectivity index (χ1) is 16.5. The number of nitrogens with one attached hydrogen (secondary N) is 1. The highest BCUT2D eigenvalue weighted by Crippen LogP contribution is 2.38. The fourth-order valence-corrected chi connectivity index (χ4v) is 5.72. The summed E-state index contributed by atoms with van der Waals surface area (Å²) >= 11 is 0. The maximum atomic E-state index is 13.5. The summed E-state index contributed by atoms with van der Waals surface area (Å²) in [7, 11) is 2.16. The number of aryl methyl sites for hydroxylation is 2. The lowest BCUT2D eigenvalue weighted by Crippen LogP contribution is -2.51. The summed E-state index contributed by atoms with van der Waals surface area (Å²) in [5, 5.41) is 4.59. The van der Waals surface area contributed by atoms with E-state index in [1.165, 1.54) is 22.2 Å². The Morgan fingerprint density at radius 2 is 1.79 bits per heavy atom. The minimum atomic E-state index is -0.262. The number of carbonyl (C=O) groups excluding carboxylic acids is 1. The van der Waals surface area contributed by atoms with Gasteiger partial charge in [-0.05, 0) is 81.3 Å². The van der Waals surface area contributed by atoms with Crippen molar-refractivity contribution >= 4 is 16.8 Å². The van der Waals surface area contributed by atoms with Gasteiger partial charge in [0.2, 0.25) is 5.91 Å². The third-order valence-corrected chi connectivity index (χ3v) is 7.92. The van der Waals surface area contributed by atoms with E-state index in [1.54, 1.807) is 0 Å². The van der Waals surface area contributed by atoms with Crippen molar-refractivity contribution in [1.29, 1.82) is 0 Å². The summed E-state index contributed by atoms with van der Waals surface area (Å²) < 4.78 is 8.40. The number of para-hydroxylation sites is 2. The molecule has 3 aromatic rings. The molecule has 2 aliphatic rings. The fraction of sp³-hybridized carbons (Fsp3) is 0.483. The van der Waals surface area contributed by atoms with Crippen LogP contribution in [0.15, 0.2) is 54.6 Å². The van der Waals surface area contributed by atoms with Gasteiger partial charge < -0.3 is 14.6 Å². The van der Waals surface area contributed by atoms with Crippen LogP contribution >= 0.6 is 0 Å². The standard InChI is InChI=1S/C29H37N3O2/c1-22-21-34-27-13-6-4-9-23(27)10-7-8-14-29(28(33)30-22)15-17-32(18-16-29)20-25-19-24-11-3-5-12-26(24)31(25)2/h3-6,9,11-13,19,22H,7-8,10,14-18,20-21H2,1-2H3,(H,30,33)/t22-/m0/s1. The number of rotatable bonds is 2. The van der Waals surface area contributed by atoms with Crippen LogP contribution < -0.4 is 10.1 Å². The van der Waals surface area contributed by atoms with Crippen LogP contribution in [-0.4, -0.2) is 41.1 Å². The molecule has 5 rings (SSSR count). The van der Waals surface area contributed by atoms with Crippen LogP contribution in [0.3, 0.4) is 0 Å². The lowest BCUT2D eigenvalue weighted by atomic mass is 9.73. The molecule has 1 saturated heterocycles. The van der Waals surface area contributed by atoms with Crippen molar-refractivity contribution in [2.75, 3.05) is 19.7 Å². The highest BCUT2D eigenvalue weighted by Gasteiger charge is 2.41. The maximum absolute atomic E-state index is 13.5. The molecule has 1 fully saturated rings.